The monoisotopic (exact) mass is 528 g/mol. The predicted octanol–water partition coefficient (Wildman–Crippen LogP) is 5.42. The van der Waals surface area contributed by atoms with Crippen molar-refractivity contribution in [3.05, 3.63) is 88.9 Å². The fourth-order valence-electron chi connectivity index (χ4n) is 3.83. The first-order chi connectivity index (χ1) is 15.9. The van der Waals surface area contributed by atoms with E-state index in [9.17, 15) is 13.2 Å². The zero-order chi connectivity index (χ0) is 23.3. The average Bonchev–Trinajstić information content (AvgIpc) is 2.81. The highest BCUT2D eigenvalue weighted by molar-refractivity contribution is 9.10. The summed E-state index contributed by atoms with van der Waals surface area (Å²) in [7, 11) is -3.44. The largest absolute Gasteiger partial charge is 0.455 e. The van der Waals surface area contributed by atoms with E-state index in [0.29, 0.717) is 43.1 Å². The molecule has 0 unspecified atom stereocenters. The van der Waals surface area contributed by atoms with Gasteiger partial charge in [0.25, 0.3) is 0 Å². The molecule has 4 rings (SSSR count). The van der Waals surface area contributed by atoms with Gasteiger partial charge in [0, 0.05) is 23.5 Å². The minimum atomic E-state index is -3.44. The molecule has 0 saturated carbocycles. The van der Waals surface area contributed by atoms with Crippen molar-refractivity contribution in [1.29, 1.82) is 0 Å². The Kier molecular flexibility index (Phi) is 7.47. The number of hydrogen-bond donors (Lipinski definition) is 1. The summed E-state index contributed by atoms with van der Waals surface area (Å²) in [6.45, 7) is 0.660. The Labute approximate surface area is 202 Å². The molecule has 6 nitrogen and oxygen atoms in total. The van der Waals surface area contributed by atoms with Gasteiger partial charge in [0.2, 0.25) is 15.9 Å². The molecular weight excluding hydrogens is 504 g/mol. The quantitative estimate of drug-likeness (QED) is 0.444. The number of nitrogens with one attached hydrogen (secondary N) is 1. The number of amides is 1. The standard InChI is InChI=1S/C25H25BrN2O4S/c26-21-8-6-7-19(17-21)18-33(30,31)28-15-13-20(14-16-28)25(29)27-23-11-4-5-12-24(23)32-22-9-2-1-3-10-22/h1-12,17,20H,13-16,18H2,(H,27,29). The fraction of sp³-hybridized carbons (Fsp3) is 0.240. The van der Waals surface area contributed by atoms with Crippen molar-refractivity contribution >= 4 is 37.5 Å². The summed E-state index contributed by atoms with van der Waals surface area (Å²) in [6, 6.07) is 24.0. The zero-order valence-corrected chi connectivity index (χ0v) is 20.4. The maximum atomic E-state index is 12.9. The van der Waals surface area contributed by atoms with Crippen LogP contribution in [0.1, 0.15) is 18.4 Å². The minimum Gasteiger partial charge on any atom is -0.455 e. The van der Waals surface area contributed by atoms with E-state index >= 15 is 0 Å². The van der Waals surface area contributed by atoms with E-state index in [1.807, 2.05) is 60.7 Å². The topological polar surface area (TPSA) is 75.7 Å². The van der Waals surface area contributed by atoms with E-state index in [1.165, 1.54) is 4.31 Å². The maximum Gasteiger partial charge on any atom is 0.227 e. The van der Waals surface area contributed by atoms with Crippen LogP contribution in [-0.4, -0.2) is 31.7 Å². The highest BCUT2D eigenvalue weighted by Crippen LogP contribution is 2.30. The number of para-hydroxylation sites is 3. The van der Waals surface area contributed by atoms with E-state index in [-0.39, 0.29) is 17.6 Å². The lowest BCUT2D eigenvalue weighted by Crippen LogP contribution is -2.41. The number of benzene rings is 3. The molecule has 1 N–H and O–H groups in total. The number of piperidine rings is 1. The van der Waals surface area contributed by atoms with Gasteiger partial charge in [-0.25, -0.2) is 12.7 Å². The van der Waals surface area contributed by atoms with Gasteiger partial charge in [-0.1, -0.05) is 58.4 Å². The Bertz CT molecular complexity index is 1210. The molecule has 172 valence electrons. The molecule has 0 aromatic heterocycles. The third-order valence-corrected chi connectivity index (χ3v) is 7.92. The van der Waals surface area contributed by atoms with Crippen molar-refractivity contribution in [2.75, 3.05) is 18.4 Å². The molecule has 0 atom stereocenters. The lowest BCUT2D eigenvalue weighted by atomic mass is 9.97. The molecule has 8 heteroatoms. The molecule has 0 bridgehead atoms. The van der Waals surface area contributed by atoms with Crippen molar-refractivity contribution in [3.63, 3.8) is 0 Å². The summed E-state index contributed by atoms with van der Waals surface area (Å²) < 4.78 is 33.9. The van der Waals surface area contributed by atoms with Crippen molar-refractivity contribution in [2.24, 2.45) is 5.92 Å². The first-order valence-corrected chi connectivity index (χ1v) is 13.2. The highest BCUT2D eigenvalue weighted by Gasteiger charge is 2.31. The normalized spacial score (nSPS) is 15.2. The summed E-state index contributed by atoms with van der Waals surface area (Å²) in [5.41, 5.74) is 1.33. The zero-order valence-electron chi connectivity index (χ0n) is 18.0. The molecule has 3 aromatic carbocycles. The molecule has 1 heterocycles. The number of carbonyl (C=O) groups excluding carboxylic acids is 1. The SMILES string of the molecule is O=C(Nc1ccccc1Oc1ccccc1)C1CCN(S(=O)(=O)Cc2cccc(Br)c2)CC1. The summed E-state index contributed by atoms with van der Waals surface area (Å²) in [6.07, 6.45) is 0.955. The molecule has 1 saturated heterocycles. The molecule has 3 aromatic rings. The van der Waals surface area contributed by atoms with E-state index in [0.717, 1.165) is 10.0 Å². The van der Waals surface area contributed by atoms with Crippen LogP contribution in [0.15, 0.2) is 83.3 Å². The Morgan fingerprint density at radius 3 is 2.39 bits per heavy atom. The van der Waals surface area contributed by atoms with Crippen LogP contribution < -0.4 is 10.1 Å². The van der Waals surface area contributed by atoms with E-state index in [1.54, 1.807) is 18.2 Å². The number of anilines is 1. The number of carbonyl (C=O) groups is 1. The number of sulfonamides is 1. The summed E-state index contributed by atoms with van der Waals surface area (Å²) in [4.78, 5) is 12.9. The van der Waals surface area contributed by atoms with Gasteiger partial charge in [-0.05, 0) is 54.8 Å². The van der Waals surface area contributed by atoms with Crippen LogP contribution in [0.3, 0.4) is 0 Å². The van der Waals surface area contributed by atoms with Crippen LogP contribution in [0.25, 0.3) is 0 Å². The first kappa shape index (κ1) is 23.5. The first-order valence-electron chi connectivity index (χ1n) is 10.8. The van der Waals surface area contributed by atoms with E-state index in [2.05, 4.69) is 21.2 Å². The van der Waals surface area contributed by atoms with Crippen LogP contribution in [0.5, 0.6) is 11.5 Å². The second kappa shape index (κ2) is 10.5. The molecule has 33 heavy (non-hydrogen) atoms. The number of rotatable bonds is 7. The Morgan fingerprint density at radius 1 is 0.970 bits per heavy atom. The third kappa shape index (κ3) is 6.22. The maximum absolute atomic E-state index is 12.9. The third-order valence-electron chi connectivity index (χ3n) is 5.57. The van der Waals surface area contributed by atoms with E-state index < -0.39 is 10.0 Å². The lowest BCUT2D eigenvalue weighted by molar-refractivity contribution is -0.120. The van der Waals surface area contributed by atoms with Gasteiger partial charge >= 0.3 is 0 Å². The summed E-state index contributed by atoms with van der Waals surface area (Å²) in [5.74, 6) is 0.817. The minimum absolute atomic E-state index is 0.0481. The number of ether oxygens (including phenoxy) is 1. The molecule has 1 aliphatic rings. The van der Waals surface area contributed by atoms with Gasteiger partial charge in [-0.3, -0.25) is 4.79 Å². The van der Waals surface area contributed by atoms with Crippen molar-refractivity contribution in [3.8, 4) is 11.5 Å². The van der Waals surface area contributed by atoms with Crippen molar-refractivity contribution in [2.45, 2.75) is 18.6 Å². The lowest BCUT2D eigenvalue weighted by Gasteiger charge is -2.30. The fourth-order valence-corrected chi connectivity index (χ4v) is 5.83. The van der Waals surface area contributed by atoms with Gasteiger partial charge in [0.1, 0.15) is 5.75 Å². The second-order valence-corrected chi connectivity index (χ2v) is 10.8. The van der Waals surface area contributed by atoms with Crippen LogP contribution >= 0.6 is 15.9 Å². The highest BCUT2D eigenvalue weighted by atomic mass is 79.9. The van der Waals surface area contributed by atoms with Crippen molar-refractivity contribution in [1.82, 2.24) is 4.31 Å². The predicted molar refractivity (Wildman–Crippen MR) is 133 cm³/mol. The van der Waals surface area contributed by atoms with E-state index in [4.69, 9.17) is 4.74 Å². The second-order valence-electron chi connectivity index (χ2n) is 7.96. The Balaban J connectivity index is 1.35. The van der Waals surface area contributed by atoms with Gasteiger partial charge in [-0.2, -0.15) is 0 Å². The van der Waals surface area contributed by atoms with Crippen LogP contribution in [0.4, 0.5) is 5.69 Å². The summed E-state index contributed by atoms with van der Waals surface area (Å²) in [5, 5.41) is 2.96. The van der Waals surface area contributed by atoms with Gasteiger partial charge in [-0.15, -0.1) is 0 Å². The number of hydrogen-bond acceptors (Lipinski definition) is 4. The molecule has 0 spiro atoms. The molecule has 1 aliphatic heterocycles. The van der Waals surface area contributed by atoms with Crippen molar-refractivity contribution < 1.29 is 17.9 Å². The van der Waals surface area contributed by atoms with Crippen LogP contribution in [0, 0.1) is 5.92 Å². The van der Waals surface area contributed by atoms with Gasteiger partial charge in [0.15, 0.2) is 5.75 Å². The number of halogens is 1. The molecule has 0 aliphatic carbocycles. The average molecular weight is 529 g/mol. The molecule has 1 fully saturated rings. The molecular formula is C25H25BrN2O4S. The van der Waals surface area contributed by atoms with Gasteiger partial charge in [0.05, 0.1) is 11.4 Å². The van der Waals surface area contributed by atoms with Crippen LogP contribution in [-0.2, 0) is 20.6 Å². The smallest absolute Gasteiger partial charge is 0.227 e. The Morgan fingerprint density at radius 2 is 1.67 bits per heavy atom. The summed E-state index contributed by atoms with van der Waals surface area (Å²) >= 11 is 3.38. The molecule has 0 radical (unpaired) electrons. The van der Waals surface area contributed by atoms with Crippen LogP contribution in [0.2, 0.25) is 0 Å². The number of nitrogens with zero attached hydrogens (tertiary/aromatic N) is 1. The Hall–Kier alpha value is -2.68. The van der Waals surface area contributed by atoms with Gasteiger partial charge < -0.3 is 10.1 Å². The molecule has 1 amide bonds.